The molecule has 0 spiro atoms. The average molecular weight is 555 g/mol. The Kier molecular flexibility index (Phi) is 9.49. The first-order valence-corrected chi connectivity index (χ1v) is 10.9. The smallest absolute Gasteiger partial charge is 0.191 e. The maximum atomic E-state index is 4.75. The van der Waals surface area contributed by atoms with Crippen molar-refractivity contribution in [2.45, 2.75) is 33.1 Å². The van der Waals surface area contributed by atoms with Gasteiger partial charge in [0.15, 0.2) is 5.96 Å². The Morgan fingerprint density at radius 1 is 0.848 bits per heavy atom. The molecule has 2 heterocycles. The van der Waals surface area contributed by atoms with E-state index in [1.54, 1.807) is 6.20 Å². The molecule has 2 aromatic heterocycles. The third kappa shape index (κ3) is 7.45. The second kappa shape index (κ2) is 12.8. The highest BCUT2D eigenvalue weighted by molar-refractivity contribution is 14.0. The molecule has 0 atom stereocenters. The van der Waals surface area contributed by atoms with E-state index < -0.39 is 0 Å². The molecule has 7 nitrogen and oxygen atoms in total. The van der Waals surface area contributed by atoms with E-state index in [0.717, 1.165) is 31.2 Å². The Morgan fingerprint density at radius 3 is 2.39 bits per heavy atom. The van der Waals surface area contributed by atoms with Crippen molar-refractivity contribution >= 4 is 29.9 Å². The van der Waals surface area contributed by atoms with Crippen LogP contribution in [0.4, 0.5) is 0 Å². The minimum atomic E-state index is 0. The van der Waals surface area contributed by atoms with Gasteiger partial charge in [-0.3, -0.25) is 9.36 Å². The molecule has 0 fully saturated rings. The highest BCUT2D eigenvalue weighted by Gasteiger charge is 2.05. The molecule has 0 aliphatic heterocycles. The number of guanidine groups is 1. The summed E-state index contributed by atoms with van der Waals surface area (Å²) in [7, 11) is 0. The molecule has 0 unspecified atom stereocenters. The number of rotatable bonds is 9. The predicted molar refractivity (Wildman–Crippen MR) is 143 cm³/mol. The minimum absolute atomic E-state index is 0. The van der Waals surface area contributed by atoms with Crippen LogP contribution in [0.15, 0.2) is 90.4 Å². The lowest BCUT2D eigenvalue weighted by molar-refractivity contribution is 0.677. The normalized spacial score (nSPS) is 11.1. The van der Waals surface area contributed by atoms with Crippen LogP contribution in [0, 0.1) is 0 Å². The number of aliphatic imine (C=N–C) groups is 1. The predicted octanol–water partition coefficient (Wildman–Crippen LogP) is 4.05. The van der Waals surface area contributed by atoms with Gasteiger partial charge < -0.3 is 10.6 Å². The van der Waals surface area contributed by atoms with Gasteiger partial charge in [0.05, 0.1) is 25.8 Å². The van der Waals surface area contributed by atoms with E-state index >= 15 is 0 Å². The molecule has 2 N–H and O–H groups in total. The van der Waals surface area contributed by atoms with Crippen molar-refractivity contribution in [1.82, 2.24) is 30.2 Å². The molecule has 0 radical (unpaired) electrons. The molecule has 0 bridgehead atoms. The Hall–Kier alpha value is -3.14. The van der Waals surface area contributed by atoms with Crippen molar-refractivity contribution in [3.8, 4) is 0 Å². The van der Waals surface area contributed by atoms with Gasteiger partial charge in [0, 0.05) is 37.2 Å². The molecule has 0 aliphatic rings. The summed E-state index contributed by atoms with van der Waals surface area (Å²) in [5.74, 6) is 0.789. The standard InChI is InChI=1S/C25H29N7.HI/c1-2-26-25(27-15-22-16-30-32(19-22)18-21-9-4-3-5-10-21)28-17-23-11-6-7-12-24(23)20-31-14-8-13-29-31;/h3-14,16,19H,2,15,17-18,20H2,1H3,(H2,26,27,28);1H. The lowest BCUT2D eigenvalue weighted by Crippen LogP contribution is -2.37. The zero-order chi connectivity index (χ0) is 22.0. The van der Waals surface area contributed by atoms with Crippen molar-refractivity contribution in [3.63, 3.8) is 0 Å². The van der Waals surface area contributed by atoms with E-state index in [2.05, 4.69) is 70.3 Å². The highest BCUT2D eigenvalue weighted by atomic mass is 127. The molecule has 0 saturated carbocycles. The molecule has 2 aromatic carbocycles. The van der Waals surface area contributed by atoms with Crippen molar-refractivity contribution in [3.05, 3.63) is 108 Å². The Bertz CT molecular complexity index is 1120. The van der Waals surface area contributed by atoms with E-state index in [-0.39, 0.29) is 24.0 Å². The van der Waals surface area contributed by atoms with Crippen LogP contribution < -0.4 is 10.6 Å². The summed E-state index contributed by atoms with van der Waals surface area (Å²) < 4.78 is 3.89. The Labute approximate surface area is 212 Å². The summed E-state index contributed by atoms with van der Waals surface area (Å²) in [5.41, 5.74) is 4.78. The Morgan fingerprint density at radius 2 is 1.64 bits per heavy atom. The lowest BCUT2D eigenvalue weighted by atomic mass is 10.1. The molecule has 33 heavy (non-hydrogen) atoms. The minimum Gasteiger partial charge on any atom is -0.357 e. The number of nitrogens with zero attached hydrogens (tertiary/aromatic N) is 5. The summed E-state index contributed by atoms with van der Waals surface area (Å²) in [4.78, 5) is 4.75. The average Bonchev–Trinajstić information content (AvgIpc) is 3.49. The van der Waals surface area contributed by atoms with E-state index in [1.165, 1.54) is 16.7 Å². The summed E-state index contributed by atoms with van der Waals surface area (Å²) in [6.45, 7) is 5.64. The van der Waals surface area contributed by atoms with E-state index in [9.17, 15) is 0 Å². The van der Waals surface area contributed by atoms with Crippen molar-refractivity contribution in [2.24, 2.45) is 4.99 Å². The molecular weight excluding hydrogens is 525 g/mol. The fourth-order valence-electron chi connectivity index (χ4n) is 3.49. The molecule has 4 aromatic rings. The second-order valence-electron chi connectivity index (χ2n) is 7.55. The highest BCUT2D eigenvalue weighted by Crippen LogP contribution is 2.10. The third-order valence-corrected chi connectivity index (χ3v) is 5.09. The number of benzene rings is 2. The largest absolute Gasteiger partial charge is 0.357 e. The fraction of sp³-hybridized carbons (Fsp3) is 0.240. The Balaban J connectivity index is 0.00000306. The molecule has 0 aliphatic carbocycles. The zero-order valence-electron chi connectivity index (χ0n) is 18.8. The van der Waals surface area contributed by atoms with Crippen LogP contribution in [-0.2, 0) is 26.2 Å². The number of nitrogens with one attached hydrogen (secondary N) is 2. The quantitative estimate of drug-likeness (QED) is 0.186. The van der Waals surface area contributed by atoms with Crippen LogP contribution >= 0.6 is 24.0 Å². The van der Waals surface area contributed by atoms with Gasteiger partial charge in [-0.05, 0) is 29.7 Å². The van der Waals surface area contributed by atoms with Gasteiger partial charge in [0.2, 0.25) is 0 Å². The van der Waals surface area contributed by atoms with Crippen LogP contribution in [0.25, 0.3) is 0 Å². The maximum Gasteiger partial charge on any atom is 0.191 e. The van der Waals surface area contributed by atoms with Gasteiger partial charge in [-0.15, -0.1) is 24.0 Å². The molecule has 0 amide bonds. The summed E-state index contributed by atoms with van der Waals surface area (Å²) in [5, 5.41) is 15.6. The van der Waals surface area contributed by atoms with Crippen molar-refractivity contribution < 1.29 is 0 Å². The monoisotopic (exact) mass is 555 g/mol. The van der Waals surface area contributed by atoms with Gasteiger partial charge in [0.1, 0.15) is 0 Å². The molecule has 0 saturated heterocycles. The number of hydrogen-bond acceptors (Lipinski definition) is 3. The van der Waals surface area contributed by atoms with Gasteiger partial charge in [0.25, 0.3) is 0 Å². The molecule has 172 valence electrons. The molecule has 4 rings (SSSR count). The van der Waals surface area contributed by atoms with E-state index in [4.69, 9.17) is 4.99 Å². The van der Waals surface area contributed by atoms with Crippen LogP contribution in [-0.4, -0.2) is 32.1 Å². The second-order valence-corrected chi connectivity index (χ2v) is 7.55. The van der Waals surface area contributed by atoms with Crippen LogP contribution in [0.2, 0.25) is 0 Å². The fourth-order valence-corrected chi connectivity index (χ4v) is 3.49. The van der Waals surface area contributed by atoms with Gasteiger partial charge in [-0.1, -0.05) is 54.6 Å². The summed E-state index contributed by atoms with van der Waals surface area (Å²) >= 11 is 0. The van der Waals surface area contributed by atoms with Gasteiger partial charge >= 0.3 is 0 Å². The molecular formula is C25H30IN7. The number of halogens is 1. The van der Waals surface area contributed by atoms with Gasteiger partial charge in [-0.25, -0.2) is 4.99 Å². The van der Waals surface area contributed by atoms with E-state index in [0.29, 0.717) is 13.1 Å². The van der Waals surface area contributed by atoms with E-state index in [1.807, 2.05) is 46.0 Å². The van der Waals surface area contributed by atoms with Crippen molar-refractivity contribution in [2.75, 3.05) is 6.54 Å². The first kappa shape index (κ1) is 24.5. The SMILES string of the molecule is CCNC(=NCc1cnn(Cc2ccccc2)c1)NCc1ccccc1Cn1cccn1.I. The summed E-state index contributed by atoms with van der Waals surface area (Å²) in [6.07, 6.45) is 7.72. The number of hydrogen-bond donors (Lipinski definition) is 2. The third-order valence-electron chi connectivity index (χ3n) is 5.09. The topological polar surface area (TPSA) is 72.1 Å². The molecule has 8 heteroatoms. The first-order chi connectivity index (χ1) is 15.8. The zero-order valence-corrected chi connectivity index (χ0v) is 21.1. The van der Waals surface area contributed by atoms with Crippen LogP contribution in [0.1, 0.15) is 29.2 Å². The van der Waals surface area contributed by atoms with Gasteiger partial charge in [-0.2, -0.15) is 10.2 Å². The lowest BCUT2D eigenvalue weighted by Gasteiger charge is -2.14. The number of aromatic nitrogens is 4. The van der Waals surface area contributed by atoms with Crippen LogP contribution in [0.3, 0.4) is 0 Å². The summed E-state index contributed by atoms with van der Waals surface area (Å²) in [6, 6.07) is 20.7. The van der Waals surface area contributed by atoms with Crippen molar-refractivity contribution in [1.29, 1.82) is 0 Å². The maximum absolute atomic E-state index is 4.75. The first-order valence-electron chi connectivity index (χ1n) is 10.9. The van der Waals surface area contributed by atoms with Crippen LogP contribution in [0.5, 0.6) is 0 Å².